The molecule has 3 rings (SSSR count). The molecule has 0 aromatic heterocycles. The van der Waals surface area contributed by atoms with Gasteiger partial charge in [-0.25, -0.2) is 4.79 Å². The minimum atomic E-state index is -0.693. The zero-order valence-electron chi connectivity index (χ0n) is 17.5. The minimum absolute atomic E-state index is 0.0184. The number of allylic oxidation sites excluding steroid dienone is 2. The van der Waals surface area contributed by atoms with Crippen molar-refractivity contribution in [3.63, 3.8) is 0 Å². The Morgan fingerprint density at radius 1 is 1.23 bits per heavy atom. The molecular formula is C25H24N2O4. The summed E-state index contributed by atoms with van der Waals surface area (Å²) in [4.78, 5) is 12.6. The second-order valence-corrected chi connectivity index (χ2v) is 6.81. The number of nitrogens with zero attached hydrogens (tertiary/aromatic N) is 1. The Morgan fingerprint density at radius 2 is 2.00 bits per heavy atom. The fourth-order valence-corrected chi connectivity index (χ4v) is 3.36. The monoisotopic (exact) mass is 416 g/mol. The zero-order chi connectivity index (χ0) is 22.2. The van der Waals surface area contributed by atoms with Gasteiger partial charge in [0.15, 0.2) is 0 Å². The Balaban J connectivity index is 1.85. The first-order chi connectivity index (χ1) is 15.0. The third-order valence-electron chi connectivity index (χ3n) is 4.75. The van der Waals surface area contributed by atoms with Crippen molar-refractivity contribution in [2.45, 2.75) is 19.8 Å². The summed E-state index contributed by atoms with van der Waals surface area (Å²) < 4.78 is 16.5. The van der Waals surface area contributed by atoms with Gasteiger partial charge in [-0.15, -0.1) is 0 Å². The van der Waals surface area contributed by atoms with Crippen molar-refractivity contribution in [3.05, 3.63) is 94.6 Å². The lowest BCUT2D eigenvalue weighted by molar-refractivity contribution is -0.139. The third kappa shape index (κ3) is 5.14. The number of carbonyl (C=O) groups is 1. The van der Waals surface area contributed by atoms with Gasteiger partial charge in [-0.1, -0.05) is 48.5 Å². The predicted octanol–water partition coefficient (Wildman–Crippen LogP) is 4.42. The van der Waals surface area contributed by atoms with Crippen LogP contribution in [0.1, 0.15) is 30.9 Å². The van der Waals surface area contributed by atoms with Crippen molar-refractivity contribution in [3.8, 4) is 11.8 Å². The largest absolute Gasteiger partial charge is 0.490 e. The Hall–Kier alpha value is -3.98. The van der Waals surface area contributed by atoms with Crippen LogP contribution in [0.25, 0.3) is 6.08 Å². The van der Waals surface area contributed by atoms with Crippen molar-refractivity contribution in [1.29, 1.82) is 5.26 Å². The summed E-state index contributed by atoms with van der Waals surface area (Å²) in [5.41, 5.74) is 8.14. The number of nitrogens with two attached hydrogens (primary N) is 1. The fourth-order valence-electron chi connectivity index (χ4n) is 3.36. The molecule has 158 valence electrons. The van der Waals surface area contributed by atoms with Gasteiger partial charge in [0.1, 0.15) is 29.8 Å². The molecule has 2 aromatic rings. The molecule has 2 aromatic carbocycles. The molecule has 0 fully saturated rings. The highest BCUT2D eigenvalue weighted by Gasteiger charge is 2.36. The van der Waals surface area contributed by atoms with E-state index in [-0.39, 0.29) is 23.6 Å². The molecule has 6 nitrogen and oxygen atoms in total. The van der Waals surface area contributed by atoms with Crippen molar-refractivity contribution in [2.75, 3.05) is 13.2 Å². The molecule has 1 unspecified atom stereocenters. The molecule has 0 bridgehead atoms. The van der Waals surface area contributed by atoms with Gasteiger partial charge in [0.25, 0.3) is 0 Å². The van der Waals surface area contributed by atoms with Crippen LogP contribution in [-0.2, 0) is 14.3 Å². The van der Waals surface area contributed by atoms with Gasteiger partial charge in [0.2, 0.25) is 5.88 Å². The first-order valence-corrected chi connectivity index (χ1v) is 9.95. The summed E-state index contributed by atoms with van der Waals surface area (Å²) in [6.07, 6.45) is 3.90. The zero-order valence-corrected chi connectivity index (χ0v) is 17.5. The topological polar surface area (TPSA) is 94.6 Å². The van der Waals surface area contributed by atoms with E-state index in [2.05, 4.69) is 6.07 Å². The molecule has 0 amide bonds. The van der Waals surface area contributed by atoms with Crippen LogP contribution in [0, 0.1) is 11.3 Å². The van der Waals surface area contributed by atoms with Crippen LogP contribution in [0.4, 0.5) is 0 Å². The molecule has 6 heteroatoms. The lowest BCUT2D eigenvalue weighted by Gasteiger charge is -2.27. The number of carbonyl (C=O) groups excluding carboxylic acids is 1. The van der Waals surface area contributed by atoms with Crippen LogP contribution in [-0.4, -0.2) is 19.2 Å². The number of hydrogen-bond acceptors (Lipinski definition) is 6. The number of esters is 1. The Bertz CT molecular complexity index is 1080. The molecule has 0 spiro atoms. The molecule has 0 radical (unpaired) electrons. The van der Waals surface area contributed by atoms with E-state index in [1.165, 1.54) is 0 Å². The quantitative estimate of drug-likeness (QED) is 0.671. The Labute approximate surface area is 181 Å². The second-order valence-electron chi connectivity index (χ2n) is 6.81. The lowest BCUT2D eigenvalue weighted by atomic mass is 9.83. The third-order valence-corrected chi connectivity index (χ3v) is 4.75. The van der Waals surface area contributed by atoms with Crippen molar-refractivity contribution in [2.24, 2.45) is 5.73 Å². The van der Waals surface area contributed by atoms with Crippen molar-refractivity contribution >= 4 is 12.0 Å². The normalized spacial score (nSPS) is 16.1. The molecule has 1 aliphatic rings. The number of rotatable bonds is 7. The van der Waals surface area contributed by atoms with E-state index in [0.717, 1.165) is 5.56 Å². The van der Waals surface area contributed by atoms with Gasteiger partial charge >= 0.3 is 5.97 Å². The average molecular weight is 416 g/mol. The van der Waals surface area contributed by atoms with E-state index in [1.807, 2.05) is 60.7 Å². The summed E-state index contributed by atoms with van der Waals surface area (Å²) in [5, 5.41) is 9.68. The van der Waals surface area contributed by atoms with Crippen LogP contribution in [0.2, 0.25) is 0 Å². The predicted molar refractivity (Wildman–Crippen MR) is 117 cm³/mol. The number of ether oxygens (including phenoxy) is 3. The van der Waals surface area contributed by atoms with E-state index in [0.29, 0.717) is 23.7 Å². The van der Waals surface area contributed by atoms with Gasteiger partial charge in [-0.3, -0.25) is 0 Å². The standard InChI is InChI=1S/C25H24N2O4/c1-3-29-25(28)22-17(2)31-24(27)21(16-26)23(22)19-12-7-13-20(15-19)30-14-8-11-18-9-5-4-6-10-18/h4-13,15,23H,3,14,27H2,1-2H3. The van der Waals surface area contributed by atoms with Crippen LogP contribution < -0.4 is 10.5 Å². The van der Waals surface area contributed by atoms with E-state index < -0.39 is 11.9 Å². The fraction of sp³-hybridized carbons (Fsp3) is 0.200. The minimum Gasteiger partial charge on any atom is -0.490 e. The summed E-state index contributed by atoms with van der Waals surface area (Å²) in [7, 11) is 0. The lowest BCUT2D eigenvalue weighted by Crippen LogP contribution is -2.25. The highest BCUT2D eigenvalue weighted by Crippen LogP contribution is 2.40. The van der Waals surface area contributed by atoms with Gasteiger partial charge in [0, 0.05) is 0 Å². The summed E-state index contributed by atoms with van der Waals surface area (Å²) in [5.74, 6) is -0.325. The van der Waals surface area contributed by atoms with Crippen molar-refractivity contribution < 1.29 is 19.0 Å². The Morgan fingerprint density at radius 3 is 2.71 bits per heavy atom. The van der Waals surface area contributed by atoms with E-state index in [4.69, 9.17) is 19.9 Å². The average Bonchev–Trinajstić information content (AvgIpc) is 2.77. The SMILES string of the molecule is CCOC(=O)C1=C(C)OC(N)=C(C#N)C1c1cccc(OCC=Cc2ccccc2)c1. The van der Waals surface area contributed by atoms with Gasteiger partial charge in [-0.05, 0) is 43.2 Å². The smallest absolute Gasteiger partial charge is 0.338 e. The van der Waals surface area contributed by atoms with Crippen molar-refractivity contribution in [1.82, 2.24) is 0 Å². The number of nitriles is 1. The maximum Gasteiger partial charge on any atom is 0.338 e. The molecule has 1 aliphatic heterocycles. The first kappa shape index (κ1) is 21.7. The Kier molecular flexibility index (Phi) is 7.13. The molecule has 2 N–H and O–H groups in total. The molecule has 0 saturated carbocycles. The highest BCUT2D eigenvalue weighted by atomic mass is 16.5. The van der Waals surface area contributed by atoms with Crippen LogP contribution in [0.5, 0.6) is 5.75 Å². The molecule has 1 atom stereocenters. The van der Waals surface area contributed by atoms with Gasteiger partial charge < -0.3 is 19.9 Å². The maximum absolute atomic E-state index is 12.6. The maximum atomic E-state index is 12.6. The number of benzene rings is 2. The molecule has 0 aliphatic carbocycles. The van der Waals surface area contributed by atoms with E-state index in [1.54, 1.807) is 19.9 Å². The van der Waals surface area contributed by atoms with Crippen LogP contribution >= 0.6 is 0 Å². The summed E-state index contributed by atoms with van der Waals surface area (Å²) in [6.45, 7) is 3.93. The number of hydrogen-bond donors (Lipinski definition) is 1. The molecule has 1 heterocycles. The van der Waals surface area contributed by atoms with Crippen LogP contribution in [0.3, 0.4) is 0 Å². The molecular weight excluding hydrogens is 392 g/mol. The first-order valence-electron chi connectivity index (χ1n) is 9.95. The van der Waals surface area contributed by atoms with E-state index in [9.17, 15) is 10.1 Å². The van der Waals surface area contributed by atoms with Gasteiger partial charge in [-0.2, -0.15) is 5.26 Å². The van der Waals surface area contributed by atoms with Gasteiger partial charge in [0.05, 0.1) is 18.1 Å². The van der Waals surface area contributed by atoms with Crippen LogP contribution in [0.15, 0.2) is 83.5 Å². The highest BCUT2D eigenvalue weighted by molar-refractivity contribution is 5.92. The summed E-state index contributed by atoms with van der Waals surface area (Å²) in [6, 6.07) is 19.2. The molecule has 31 heavy (non-hydrogen) atoms. The molecule has 0 saturated heterocycles. The van der Waals surface area contributed by atoms with E-state index >= 15 is 0 Å². The second kappa shape index (κ2) is 10.2. The summed E-state index contributed by atoms with van der Waals surface area (Å²) >= 11 is 0.